The van der Waals surface area contributed by atoms with E-state index in [1.807, 2.05) is 0 Å². The second-order valence-electron chi connectivity index (χ2n) is 3.80. The summed E-state index contributed by atoms with van der Waals surface area (Å²) in [5, 5.41) is 0. The maximum absolute atomic E-state index is 11.3. The summed E-state index contributed by atoms with van der Waals surface area (Å²) in [7, 11) is -3.11. The molecular weight excluding hydrogens is 216 g/mol. The molecule has 1 amide bonds. The van der Waals surface area contributed by atoms with Crippen LogP contribution in [0, 0.1) is 0 Å². The topological polar surface area (TPSA) is 66.5 Å². The molecule has 0 bridgehead atoms. The van der Waals surface area contributed by atoms with Crippen LogP contribution in [0.5, 0.6) is 0 Å². The molecule has 1 fully saturated rings. The van der Waals surface area contributed by atoms with Gasteiger partial charge in [-0.05, 0) is 19.8 Å². The largest absolute Gasteiger partial charge is 0.343 e. The summed E-state index contributed by atoms with van der Waals surface area (Å²) in [6.45, 7) is 4.45. The van der Waals surface area contributed by atoms with Gasteiger partial charge >= 0.3 is 0 Å². The summed E-state index contributed by atoms with van der Waals surface area (Å²) in [6, 6.07) is -0.00875. The molecule has 88 valence electrons. The molecule has 1 N–H and O–H groups in total. The van der Waals surface area contributed by atoms with Gasteiger partial charge in [0.25, 0.3) is 0 Å². The van der Waals surface area contributed by atoms with Crippen molar-refractivity contribution in [3.63, 3.8) is 0 Å². The van der Waals surface area contributed by atoms with Crippen LogP contribution in [0.4, 0.5) is 0 Å². The highest BCUT2D eigenvalue weighted by Gasteiger charge is 2.23. The van der Waals surface area contributed by atoms with E-state index in [1.165, 1.54) is 6.92 Å². The summed E-state index contributed by atoms with van der Waals surface area (Å²) in [6.07, 6.45) is 1.41. The number of likely N-dealkylation sites (tertiary alicyclic amines) is 1. The van der Waals surface area contributed by atoms with E-state index < -0.39 is 10.0 Å². The average Bonchev–Trinajstić information content (AvgIpc) is 2.18. The lowest BCUT2D eigenvalue weighted by Crippen LogP contribution is -2.46. The van der Waals surface area contributed by atoms with Crippen molar-refractivity contribution in [2.45, 2.75) is 32.7 Å². The minimum absolute atomic E-state index is 0.00875. The highest BCUT2D eigenvalue weighted by atomic mass is 32.2. The Morgan fingerprint density at radius 3 is 2.33 bits per heavy atom. The molecule has 0 unspecified atom stereocenters. The third kappa shape index (κ3) is 3.79. The van der Waals surface area contributed by atoms with Gasteiger partial charge in [0, 0.05) is 26.1 Å². The third-order valence-corrected chi connectivity index (χ3v) is 4.12. The van der Waals surface area contributed by atoms with Crippen LogP contribution in [-0.4, -0.2) is 44.1 Å². The number of nitrogens with zero attached hydrogens (tertiary/aromatic N) is 1. The molecule has 0 atom stereocenters. The highest BCUT2D eigenvalue weighted by Crippen LogP contribution is 2.11. The Kier molecular flexibility index (Phi) is 4.10. The monoisotopic (exact) mass is 234 g/mol. The van der Waals surface area contributed by atoms with E-state index in [-0.39, 0.29) is 17.7 Å². The van der Waals surface area contributed by atoms with Crippen LogP contribution in [0.2, 0.25) is 0 Å². The predicted molar refractivity (Wildman–Crippen MR) is 57.9 cm³/mol. The second-order valence-corrected chi connectivity index (χ2v) is 5.84. The van der Waals surface area contributed by atoms with Gasteiger partial charge in [-0.2, -0.15) is 0 Å². The number of carbonyl (C=O) groups is 1. The van der Waals surface area contributed by atoms with Gasteiger partial charge in [-0.1, -0.05) is 0 Å². The van der Waals surface area contributed by atoms with Crippen LogP contribution in [0.3, 0.4) is 0 Å². The van der Waals surface area contributed by atoms with E-state index in [9.17, 15) is 13.2 Å². The van der Waals surface area contributed by atoms with Gasteiger partial charge in [-0.15, -0.1) is 0 Å². The van der Waals surface area contributed by atoms with Gasteiger partial charge in [0.15, 0.2) is 0 Å². The van der Waals surface area contributed by atoms with E-state index in [1.54, 1.807) is 11.8 Å². The van der Waals surface area contributed by atoms with E-state index in [2.05, 4.69) is 4.72 Å². The molecule has 1 rings (SSSR count). The standard InChI is InChI=1S/C9H18N2O3S/c1-3-15(13,14)10-9-4-6-11(7-5-9)8(2)12/h9-10H,3-7H2,1-2H3. The molecule has 0 aromatic carbocycles. The first-order valence-corrected chi connectivity index (χ1v) is 6.85. The quantitative estimate of drug-likeness (QED) is 0.743. The molecule has 6 heteroatoms. The SMILES string of the molecule is CCS(=O)(=O)NC1CCN(C(C)=O)CC1. The maximum atomic E-state index is 11.3. The average molecular weight is 234 g/mol. The number of rotatable bonds is 3. The van der Waals surface area contributed by atoms with Crippen LogP contribution in [-0.2, 0) is 14.8 Å². The molecule has 0 aromatic heterocycles. The van der Waals surface area contributed by atoms with E-state index in [4.69, 9.17) is 0 Å². The highest BCUT2D eigenvalue weighted by molar-refractivity contribution is 7.89. The first-order chi connectivity index (χ1) is 6.94. The number of amides is 1. The predicted octanol–water partition coefficient (Wildman–Crippen LogP) is -0.0634. The molecular formula is C9H18N2O3S. The fourth-order valence-corrected chi connectivity index (χ4v) is 2.56. The molecule has 1 heterocycles. The fourth-order valence-electron chi connectivity index (χ4n) is 1.65. The number of nitrogens with one attached hydrogen (secondary N) is 1. The minimum atomic E-state index is -3.11. The van der Waals surface area contributed by atoms with Crippen LogP contribution < -0.4 is 4.72 Å². The molecule has 5 nitrogen and oxygen atoms in total. The Morgan fingerprint density at radius 1 is 1.40 bits per heavy atom. The van der Waals surface area contributed by atoms with Crippen molar-refractivity contribution in [1.82, 2.24) is 9.62 Å². The van der Waals surface area contributed by atoms with Crippen molar-refractivity contribution in [3.8, 4) is 0 Å². The Hall–Kier alpha value is -0.620. The molecule has 1 aliphatic heterocycles. The van der Waals surface area contributed by atoms with Crippen LogP contribution >= 0.6 is 0 Å². The summed E-state index contributed by atoms with van der Waals surface area (Å²) >= 11 is 0. The fraction of sp³-hybridized carbons (Fsp3) is 0.889. The normalized spacial score (nSPS) is 19.2. The van der Waals surface area contributed by atoms with Crippen molar-refractivity contribution in [3.05, 3.63) is 0 Å². The summed E-state index contributed by atoms with van der Waals surface area (Å²) in [5.74, 6) is 0.173. The zero-order valence-electron chi connectivity index (χ0n) is 9.19. The van der Waals surface area contributed by atoms with E-state index in [0.29, 0.717) is 25.9 Å². The first-order valence-electron chi connectivity index (χ1n) is 5.20. The maximum Gasteiger partial charge on any atom is 0.219 e. The lowest BCUT2D eigenvalue weighted by Gasteiger charge is -2.31. The lowest BCUT2D eigenvalue weighted by atomic mass is 10.1. The molecule has 0 spiro atoms. The third-order valence-electron chi connectivity index (χ3n) is 2.67. The Morgan fingerprint density at radius 2 is 1.93 bits per heavy atom. The zero-order chi connectivity index (χ0) is 11.5. The van der Waals surface area contributed by atoms with E-state index in [0.717, 1.165) is 0 Å². The molecule has 1 aliphatic rings. The van der Waals surface area contributed by atoms with Crippen LogP contribution in [0.1, 0.15) is 26.7 Å². The van der Waals surface area contributed by atoms with Crippen LogP contribution in [0.15, 0.2) is 0 Å². The van der Waals surface area contributed by atoms with Gasteiger partial charge in [0.1, 0.15) is 0 Å². The van der Waals surface area contributed by atoms with Crippen molar-refractivity contribution in [2.75, 3.05) is 18.8 Å². The van der Waals surface area contributed by atoms with Crippen molar-refractivity contribution < 1.29 is 13.2 Å². The number of hydrogen-bond acceptors (Lipinski definition) is 3. The van der Waals surface area contributed by atoms with Crippen molar-refractivity contribution in [1.29, 1.82) is 0 Å². The van der Waals surface area contributed by atoms with Gasteiger partial charge in [-0.3, -0.25) is 4.79 Å². The molecule has 0 aliphatic carbocycles. The molecule has 1 saturated heterocycles. The molecule has 15 heavy (non-hydrogen) atoms. The van der Waals surface area contributed by atoms with Crippen molar-refractivity contribution in [2.24, 2.45) is 0 Å². The first kappa shape index (κ1) is 12.4. The molecule has 0 radical (unpaired) electrons. The lowest BCUT2D eigenvalue weighted by molar-refractivity contribution is -0.129. The van der Waals surface area contributed by atoms with Gasteiger partial charge in [0.05, 0.1) is 5.75 Å². The van der Waals surface area contributed by atoms with Gasteiger partial charge in [0.2, 0.25) is 15.9 Å². The number of hydrogen-bond donors (Lipinski definition) is 1. The summed E-state index contributed by atoms with van der Waals surface area (Å²) < 4.78 is 25.2. The van der Waals surface area contributed by atoms with Crippen LogP contribution in [0.25, 0.3) is 0 Å². The summed E-state index contributed by atoms with van der Waals surface area (Å²) in [5.41, 5.74) is 0. The van der Waals surface area contributed by atoms with E-state index >= 15 is 0 Å². The second kappa shape index (κ2) is 4.94. The Bertz CT molecular complexity index is 318. The smallest absolute Gasteiger partial charge is 0.219 e. The number of sulfonamides is 1. The summed E-state index contributed by atoms with van der Waals surface area (Å²) in [4.78, 5) is 12.8. The number of piperidine rings is 1. The molecule has 0 aromatic rings. The Labute approximate surface area is 90.9 Å². The van der Waals surface area contributed by atoms with Crippen molar-refractivity contribution >= 4 is 15.9 Å². The van der Waals surface area contributed by atoms with Gasteiger partial charge < -0.3 is 4.90 Å². The zero-order valence-corrected chi connectivity index (χ0v) is 10.0. The van der Waals surface area contributed by atoms with Gasteiger partial charge in [-0.25, -0.2) is 13.1 Å². The Balaban J connectivity index is 2.42. The number of carbonyl (C=O) groups excluding carboxylic acids is 1. The minimum Gasteiger partial charge on any atom is -0.343 e. The molecule has 0 saturated carbocycles.